The zero-order valence-electron chi connectivity index (χ0n) is 17.2. The van der Waals surface area contributed by atoms with Crippen LogP contribution in [0.25, 0.3) is 0 Å². The molecule has 0 unspecified atom stereocenters. The highest BCUT2D eigenvalue weighted by molar-refractivity contribution is 6.06. The van der Waals surface area contributed by atoms with Crippen molar-refractivity contribution in [2.24, 2.45) is 0 Å². The van der Waals surface area contributed by atoms with Crippen molar-refractivity contribution in [2.75, 3.05) is 4.90 Å². The number of carbonyl (C=O) groups is 2. The van der Waals surface area contributed by atoms with Gasteiger partial charge in [-0.1, -0.05) is 24.3 Å². The maximum absolute atomic E-state index is 13.1. The van der Waals surface area contributed by atoms with Crippen molar-refractivity contribution < 1.29 is 9.59 Å². The SMILES string of the molecule is C[C@@H]1Cc2ccccc2N1C(=O)c1ccc(=O)n(CCC(=O)NCc2ccccn2)n1. The molecule has 1 atom stereocenters. The monoisotopic (exact) mass is 417 g/mol. The minimum Gasteiger partial charge on any atom is -0.350 e. The molecule has 4 rings (SSSR count). The summed E-state index contributed by atoms with van der Waals surface area (Å²) in [6.45, 7) is 2.38. The maximum atomic E-state index is 13.1. The van der Waals surface area contributed by atoms with Crippen LogP contribution in [0.5, 0.6) is 0 Å². The average molecular weight is 417 g/mol. The lowest BCUT2D eigenvalue weighted by molar-refractivity contribution is -0.121. The fourth-order valence-corrected chi connectivity index (χ4v) is 3.71. The Morgan fingerprint density at radius 3 is 2.71 bits per heavy atom. The Bertz CT molecular complexity index is 1160. The topological polar surface area (TPSA) is 97.2 Å². The molecule has 2 amide bonds. The summed E-state index contributed by atoms with van der Waals surface area (Å²) in [5, 5.41) is 7.00. The van der Waals surface area contributed by atoms with Gasteiger partial charge in [-0.25, -0.2) is 4.68 Å². The molecule has 0 bridgehead atoms. The Kier molecular flexibility index (Phi) is 5.88. The summed E-state index contributed by atoms with van der Waals surface area (Å²) >= 11 is 0. The van der Waals surface area contributed by atoms with Crippen molar-refractivity contribution >= 4 is 17.5 Å². The first-order chi connectivity index (χ1) is 15.0. The van der Waals surface area contributed by atoms with Gasteiger partial charge in [0.25, 0.3) is 11.5 Å². The second-order valence-corrected chi connectivity index (χ2v) is 7.48. The zero-order valence-corrected chi connectivity index (χ0v) is 17.2. The highest BCUT2D eigenvalue weighted by Crippen LogP contribution is 2.32. The number of nitrogens with one attached hydrogen (secondary N) is 1. The summed E-state index contributed by atoms with van der Waals surface area (Å²) < 4.78 is 1.17. The zero-order chi connectivity index (χ0) is 21.8. The number of amides is 2. The molecule has 0 fully saturated rings. The normalized spacial score (nSPS) is 14.9. The van der Waals surface area contributed by atoms with E-state index in [2.05, 4.69) is 15.4 Å². The molecule has 8 nitrogen and oxygen atoms in total. The molecule has 8 heteroatoms. The summed E-state index contributed by atoms with van der Waals surface area (Å²) in [6, 6.07) is 16.0. The van der Waals surface area contributed by atoms with Crippen molar-refractivity contribution in [1.29, 1.82) is 0 Å². The van der Waals surface area contributed by atoms with Gasteiger partial charge in [0.1, 0.15) is 5.69 Å². The highest BCUT2D eigenvalue weighted by Gasteiger charge is 2.32. The molecular weight excluding hydrogens is 394 g/mol. The fraction of sp³-hybridized carbons (Fsp3) is 0.261. The minimum atomic E-state index is -0.357. The number of fused-ring (bicyclic) bond motifs is 1. The van der Waals surface area contributed by atoms with Crippen LogP contribution in [-0.4, -0.2) is 32.6 Å². The maximum Gasteiger partial charge on any atom is 0.278 e. The molecule has 3 aromatic rings. The largest absolute Gasteiger partial charge is 0.350 e. The van der Waals surface area contributed by atoms with Crippen LogP contribution in [-0.2, 0) is 24.3 Å². The lowest BCUT2D eigenvalue weighted by Gasteiger charge is -2.22. The summed E-state index contributed by atoms with van der Waals surface area (Å²) in [4.78, 5) is 43.4. The number of hydrogen-bond acceptors (Lipinski definition) is 5. The van der Waals surface area contributed by atoms with Gasteiger partial charge in [-0.05, 0) is 43.2 Å². The van der Waals surface area contributed by atoms with Crippen molar-refractivity contribution in [3.63, 3.8) is 0 Å². The number of para-hydroxylation sites is 1. The van der Waals surface area contributed by atoms with Gasteiger partial charge in [0.05, 0.1) is 18.8 Å². The number of hydrogen-bond donors (Lipinski definition) is 1. The third kappa shape index (κ3) is 4.53. The van der Waals surface area contributed by atoms with E-state index in [-0.39, 0.29) is 42.1 Å². The smallest absolute Gasteiger partial charge is 0.278 e. The molecule has 0 spiro atoms. The van der Waals surface area contributed by atoms with Crippen LogP contribution in [0.1, 0.15) is 35.1 Å². The lowest BCUT2D eigenvalue weighted by Crippen LogP contribution is -2.38. The van der Waals surface area contributed by atoms with Crippen LogP contribution in [0.3, 0.4) is 0 Å². The quantitative estimate of drug-likeness (QED) is 0.661. The molecule has 158 valence electrons. The molecule has 1 aromatic carbocycles. The van der Waals surface area contributed by atoms with Crippen LogP contribution < -0.4 is 15.8 Å². The van der Waals surface area contributed by atoms with Crippen molar-refractivity contribution in [2.45, 2.75) is 38.9 Å². The van der Waals surface area contributed by atoms with Gasteiger partial charge >= 0.3 is 0 Å². The van der Waals surface area contributed by atoms with Crippen LogP contribution in [0, 0.1) is 0 Å². The minimum absolute atomic E-state index is 0.00412. The number of carbonyl (C=O) groups excluding carboxylic acids is 2. The van der Waals surface area contributed by atoms with E-state index in [0.29, 0.717) is 6.54 Å². The number of aromatic nitrogens is 3. The number of rotatable bonds is 6. The van der Waals surface area contributed by atoms with Crippen molar-refractivity contribution in [1.82, 2.24) is 20.1 Å². The van der Waals surface area contributed by atoms with Crippen molar-refractivity contribution in [3.8, 4) is 0 Å². The van der Waals surface area contributed by atoms with Crippen LogP contribution in [0.4, 0.5) is 5.69 Å². The summed E-state index contributed by atoms with van der Waals surface area (Å²) in [5.74, 6) is -0.482. The Morgan fingerprint density at radius 2 is 1.90 bits per heavy atom. The molecule has 1 N–H and O–H groups in total. The van der Waals surface area contributed by atoms with E-state index < -0.39 is 0 Å². The van der Waals surface area contributed by atoms with E-state index in [9.17, 15) is 14.4 Å². The van der Waals surface area contributed by atoms with E-state index in [0.717, 1.165) is 23.4 Å². The summed E-state index contributed by atoms with van der Waals surface area (Å²) in [7, 11) is 0. The molecule has 0 saturated heterocycles. The molecule has 1 aliphatic rings. The number of pyridine rings is 1. The fourth-order valence-electron chi connectivity index (χ4n) is 3.71. The van der Waals surface area contributed by atoms with Gasteiger partial charge in [-0.15, -0.1) is 0 Å². The molecule has 0 radical (unpaired) electrons. The van der Waals surface area contributed by atoms with Gasteiger partial charge < -0.3 is 10.2 Å². The van der Waals surface area contributed by atoms with Gasteiger partial charge in [0.15, 0.2) is 0 Å². The van der Waals surface area contributed by atoms with Gasteiger partial charge in [-0.3, -0.25) is 19.4 Å². The molecule has 1 aliphatic heterocycles. The van der Waals surface area contributed by atoms with Gasteiger partial charge in [0.2, 0.25) is 5.91 Å². The second-order valence-electron chi connectivity index (χ2n) is 7.48. The Morgan fingerprint density at radius 1 is 1.10 bits per heavy atom. The number of benzene rings is 1. The third-order valence-corrected chi connectivity index (χ3v) is 5.26. The summed E-state index contributed by atoms with van der Waals surface area (Å²) in [5.41, 5.74) is 2.55. The molecule has 2 aromatic heterocycles. The van der Waals surface area contributed by atoms with E-state index >= 15 is 0 Å². The standard InChI is InChI=1S/C23H23N5O3/c1-16-14-17-6-2-3-8-20(17)28(16)23(31)19-9-10-22(30)27(26-19)13-11-21(29)25-15-18-7-4-5-12-24-18/h2-10,12,16H,11,13-15H2,1H3,(H,25,29)/t16-/m1/s1. The summed E-state index contributed by atoms with van der Waals surface area (Å²) in [6.07, 6.45) is 2.51. The highest BCUT2D eigenvalue weighted by atomic mass is 16.2. The number of anilines is 1. The predicted octanol–water partition coefficient (Wildman–Crippen LogP) is 1.94. The van der Waals surface area contributed by atoms with Gasteiger partial charge in [-0.2, -0.15) is 5.10 Å². The first-order valence-electron chi connectivity index (χ1n) is 10.2. The molecular formula is C23H23N5O3. The van der Waals surface area contributed by atoms with E-state index in [1.807, 2.05) is 43.3 Å². The van der Waals surface area contributed by atoms with Crippen molar-refractivity contribution in [3.05, 3.63) is 88.1 Å². The molecule has 0 saturated carbocycles. The Balaban J connectivity index is 1.43. The van der Waals surface area contributed by atoms with Gasteiger partial charge in [0, 0.05) is 30.4 Å². The van der Waals surface area contributed by atoms with Crippen LogP contribution in [0.15, 0.2) is 65.6 Å². The van der Waals surface area contributed by atoms with E-state index in [1.165, 1.54) is 16.8 Å². The van der Waals surface area contributed by atoms with E-state index in [4.69, 9.17) is 0 Å². The Hall–Kier alpha value is -3.81. The first-order valence-corrected chi connectivity index (χ1v) is 10.2. The Labute approximate surface area is 179 Å². The van der Waals surface area contributed by atoms with E-state index in [1.54, 1.807) is 17.2 Å². The average Bonchev–Trinajstić information content (AvgIpc) is 3.13. The third-order valence-electron chi connectivity index (χ3n) is 5.26. The second kappa shape index (κ2) is 8.91. The van der Waals surface area contributed by atoms with Crippen LogP contribution in [0.2, 0.25) is 0 Å². The number of aryl methyl sites for hydroxylation is 1. The first kappa shape index (κ1) is 20.5. The van der Waals surface area contributed by atoms with Crippen LogP contribution >= 0.6 is 0 Å². The number of nitrogens with zero attached hydrogens (tertiary/aromatic N) is 4. The molecule has 3 heterocycles. The molecule has 31 heavy (non-hydrogen) atoms. The lowest BCUT2D eigenvalue weighted by atomic mass is 10.1. The molecule has 0 aliphatic carbocycles. The predicted molar refractivity (Wildman–Crippen MR) is 116 cm³/mol.